The number of hydrogen-bond donors (Lipinski definition) is 2. The van der Waals surface area contributed by atoms with Gasteiger partial charge in [0.05, 0.1) is 0 Å². The molecule has 1 aromatic carbocycles. The van der Waals surface area contributed by atoms with Crippen molar-refractivity contribution in [1.82, 2.24) is 15.5 Å². The number of piperidine rings is 3. The van der Waals surface area contributed by atoms with Crippen molar-refractivity contribution < 1.29 is 9.53 Å². The predicted molar refractivity (Wildman–Crippen MR) is 93.1 cm³/mol. The minimum atomic E-state index is 0.0351. The van der Waals surface area contributed by atoms with E-state index in [1.807, 2.05) is 24.3 Å². The van der Waals surface area contributed by atoms with Crippen molar-refractivity contribution in [2.24, 2.45) is 5.92 Å². The van der Waals surface area contributed by atoms with Gasteiger partial charge in [-0.05, 0) is 75.9 Å². The number of benzene rings is 1. The first kappa shape index (κ1) is 15.9. The minimum absolute atomic E-state index is 0.0351. The number of hydrogen-bond acceptors (Lipinski definition) is 4. The lowest BCUT2D eigenvalue weighted by atomic mass is 9.84. The van der Waals surface area contributed by atoms with E-state index in [4.69, 9.17) is 4.74 Å². The molecule has 4 heterocycles. The van der Waals surface area contributed by atoms with Crippen LogP contribution in [0.5, 0.6) is 5.75 Å². The second kappa shape index (κ2) is 6.73. The second-order valence-electron chi connectivity index (χ2n) is 7.49. The maximum Gasteiger partial charge on any atom is 0.251 e. The van der Waals surface area contributed by atoms with Crippen LogP contribution in [-0.2, 0) is 0 Å². The lowest BCUT2D eigenvalue weighted by Crippen LogP contribution is -2.57. The van der Waals surface area contributed by atoms with Crippen molar-refractivity contribution in [2.45, 2.75) is 50.9 Å². The summed E-state index contributed by atoms with van der Waals surface area (Å²) in [4.78, 5) is 15.0. The van der Waals surface area contributed by atoms with Crippen LogP contribution in [0, 0.1) is 5.92 Å². The number of ether oxygens (including phenoxy) is 1. The van der Waals surface area contributed by atoms with E-state index < -0.39 is 0 Å². The Kier molecular flexibility index (Phi) is 4.46. The first-order chi connectivity index (χ1) is 11.7. The van der Waals surface area contributed by atoms with Crippen molar-refractivity contribution in [3.63, 3.8) is 0 Å². The van der Waals surface area contributed by atoms with E-state index >= 15 is 0 Å². The van der Waals surface area contributed by atoms with Crippen LogP contribution in [0.1, 0.15) is 43.0 Å². The van der Waals surface area contributed by atoms with Gasteiger partial charge < -0.3 is 15.0 Å². The molecule has 0 aliphatic carbocycles. The Labute approximate surface area is 143 Å². The monoisotopic (exact) mass is 329 g/mol. The van der Waals surface area contributed by atoms with Crippen molar-refractivity contribution >= 4 is 5.91 Å². The van der Waals surface area contributed by atoms with Crippen LogP contribution in [0.25, 0.3) is 0 Å². The lowest BCUT2D eigenvalue weighted by molar-refractivity contribution is 0.0620. The topological polar surface area (TPSA) is 53.6 Å². The molecule has 1 amide bonds. The van der Waals surface area contributed by atoms with Gasteiger partial charge in [0, 0.05) is 24.2 Å². The van der Waals surface area contributed by atoms with Gasteiger partial charge in [0.1, 0.15) is 12.0 Å². The molecule has 24 heavy (non-hydrogen) atoms. The number of nitrogens with zero attached hydrogens (tertiary/aromatic N) is 1. The first-order valence-corrected chi connectivity index (χ1v) is 9.23. The fourth-order valence-electron chi connectivity index (χ4n) is 4.21. The summed E-state index contributed by atoms with van der Waals surface area (Å²) in [5.41, 5.74) is 0.714. The third-order valence-electron chi connectivity index (χ3n) is 5.70. The molecule has 1 aromatic rings. The Morgan fingerprint density at radius 3 is 2.50 bits per heavy atom. The Balaban J connectivity index is 1.33. The summed E-state index contributed by atoms with van der Waals surface area (Å²) in [6.45, 7) is 5.56. The summed E-state index contributed by atoms with van der Waals surface area (Å²) in [5.74, 6) is 1.51. The molecule has 4 aliphatic rings. The largest absolute Gasteiger partial charge is 0.475 e. The Bertz CT molecular complexity index is 581. The average molecular weight is 329 g/mol. The van der Waals surface area contributed by atoms with Crippen LogP contribution in [0.15, 0.2) is 24.3 Å². The first-order valence-electron chi connectivity index (χ1n) is 9.23. The van der Waals surface area contributed by atoms with E-state index in [0.717, 1.165) is 25.1 Å². The summed E-state index contributed by atoms with van der Waals surface area (Å²) in [6.07, 6.45) is 4.69. The van der Waals surface area contributed by atoms with Crippen molar-refractivity contribution in [3.8, 4) is 5.75 Å². The summed E-state index contributed by atoms with van der Waals surface area (Å²) in [7, 11) is 0. The van der Waals surface area contributed by atoms with E-state index in [9.17, 15) is 4.79 Å². The number of amides is 1. The van der Waals surface area contributed by atoms with Crippen molar-refractivity contribution in [1.29, 1.82) is 0 Å². The third-order valence-corrected chi connectivity index (χ3v) is 5.70. The zero-order chi connectivity index (χ0) is 16.5. The third kappa shape index (κ3) is 3.42. The molecule has 5 nitrogen and oxygen atoms in total. The van der Waals surface area contributed by atoms with Crippen LogP contribution in [0.2, 0.25) is 0 Å². The highest BCUT2D eigenvalue weighted by molar-refractivity contribution is 5.94. The molecule has 0 spiro atoms. The Morgan fingerprint density at radius 2 is 1.92 bits per heavy atom. The molecular weight excluding hydrogens is 302 g/mol. The second-order valence-corrected chi connectivity index (χ2v) is 7.49. The number of carbonyl (C=O) groups excluding carboxylic acids is 1. The number of nitrogens with one attached hydrogen (secondary N) is 2. The summed E-state index contributed by atoms with van der Waals surface area (Å²) < 4.78 is 5.92. The van der Waals surface area contributed by atoms with Gasteiger partial charge in [-0.15, -0.1) is 0 Å². The molecule has 0 saturated carbocycles. The van der Waals surface area contributed by atoms with Gasteiger partial charge in [0.2, 0.25) is 0 Å². The van der Waals surface area contributed by atoms with E-state index in [2.05, 4.69) is 22.5 Å². The van der Waals surface area contributed by atoms with Gasteiger partial charge in [-0.2, -0.15) is 0 Å². The quantitative estimate of drug-likeness (QED) is 0.887. The summed E-state index contributed by atoms with van der Waals surface area (Å²) >= 11 is 0. The molecular formula is C19H27N3O2. The number of rotatable bonds is 4. The zero-order valence-electron chi connectivity index (χ0n) is 14.3. The van der Waals surface area contributed by atoms with Crippen LogP contribution in [0.3, 0.4) is 0 Å². The molecule has 2 unspecified atom stereocenters. The van der Waals surface area contributed by atoms with Crippen LogP contribution >= 0.6 is 0 Å². The van der Waals surface area contributed by atoms with Crippen LogP contribution < -0.4 is 15.4 Å². The van der Waals surface area contributed by atoms with Gasteiger partial charge in [0.25, 0.3) is 5.91 Å². The lowest BCUT2D eigenvalue weighted by Gasteiger charge is -2.44. The Hall–Kier alpha value is -1.59. The highest BCUT2D eigenvalue weighted by atomic mass is 16.5. The van der Waals surface area contributed by atoms with Crippen LogP contribution in [0.4, 0.5) is 0 Å². The number of carbonyl (C=O) groups is 1. The molecule has 4 saturated heterocycles. The predicted octanol–water partition coefficient (Wildman–Crippen LogP) is 1.99. The molecule has 4 fully saturated rings. The highest BCUT2D eigenvalue weighted by Gasteiger charge is 2.34. The molecule has 5 heteroatoms. The van der Waals surface area contributed by atoms with E-state index in [-0.39, 0.29) is 12.1 Å². The molecule has 4 aliphatic heterocycles. The van der Waals surface area contributed by atoms with Crippen molar-refractivity contribution in [3.05, 3.63) is 29.8 Å². The number of fused-ring (bicyclic) bond motifs is 3. The van der Waals surface area contributed by atoms with Gasteiger partial charge in [-0.1, -0.05) is 0 Å². The van der Waals surface area contributed by atoms with Gasteiger partial charge in [-0.3, -0.25) is 10.1 Å². The van der Waals surface area contributed by atoms with E-state index in [1.54, 1.807) is 0 Å². The van der Waals surface area contributed by atoms with E-state index in [1.165, 1.54) is 25.9 Å². The Morgan fingerprint density at radius 1 is 1.17 bits per heavy atom. The zero-order valence-corrected chi connectivity index (χ0v) is 14.3. The summed E-state index contributed by atoms with van der Waals surface area (Å²) in [5, 5.41) is 6.63. The maximum absolute atomic E-state index is 12.5. The molecule has 0 radical (unpaired) electrons. The molecule has 2 bridgehead atoms. The standard InChI is InChI=1S/C19H27N3O2/c1-13-2-7-18(20-13)24-16-5-3-15(4-6-16)19(23)21-17-12-22-10-8-14(17)9-11-22/h3-6,13-14,17-18,20H,2,7-12H2,1H3,(H,21,23)/t13?,17-,18?/m0/s1. The molecule has 5 rings (SSSR count). The van der Waals surface area contributed by atoms with Gasteiger partial charge in [-0.25, -0.2) is 0 Å². The highest BCUT2D eigenvalue weighted by Crippen LogP contribution is 2.27. The molecule has 2 N–H and O–H groups in total. The molecule has 130 valence electrons. The van der Waals surface area contributed by atoms with Crippen LogP contribution in [-0.4, -0.2) is 48.8 Å². The average Bonchev–Trinajstić information content (AvgIpc) is 3.01. The SMILES string of the molecule is CC1CCC(Oc2ccc(C(=O)N[C@H]3CN4CCC3CC4)cc2)N1. The fourth-order valence-corrected chi connectivity index (χ4v) is 4.21. The smallest absolute Gasteiger partial charge is 0.251 e. The fraction of sp³-hybridized carbons (Fsp3) is 0.632. The minimum Gasteiger partial charge on any atom is -0.475 e. The molecule has 0 aromatic heterocycles. The summed E-state index contributed by atoms with van der Waals surface area (Å²) in [6, 6.07) is 8.35. The maximum atomic E-state index is 12.5. The normalized spacial score (nSPS) is 35.0. The van der Waals surface area contributed by atoms with Crippen molar-refractivity contribution in [2.75, 3.05) is 19.6 Å². The van der Waals surface area contributed by atoms with Gasteiger partial charge >= 0.3 is 0 Å². The van der Waals surface area contributed by atoms with Gasteiger partial charge in [0.15, 0.2) is 0 Å². The van der Waals surface area contributed by atoms with E-state index in [0.29, 0.717) is 23.6 Å². The molecule has 3 atom stereocenters.